The number of hydrogen-bond acceptors (Lipinski definition) is 8. The summed E-state index contributed by atoms with van der Waals surface area (Å²) in [7, 11) is -3.94. The summed E-state index contributed by atoms with van der Waals surface area (Å²) in [6.07, 6.45) is 0. The van der Waals surface area contributed by atoms with Crippen molar-refractivity contribution < 1.29 is 17.9 Å². The molecule has 0 aliphatic rings. The van der Waals surface area contributed by atoms with Gasteiger partial charge in [-0.05, 0) is 38.5 Å². The number of sulfonamides is 1. The number of rotatable bonds is 5. The minimum Gasteiger partial charge on any atom is -0.462 e. The maximum Gasteiger partial charge on any atom is 0.350 e. The third-order valence-electron chi connectivity index (χ3n) is 3.62. The maximum atomic E-state index is 12.9. The Bertz CT molecular complexity index is 1050. The van der Waals surface area contributed by atoms with Crippen LogP contribution in [0.15, 0.2) is 23.1 Å². The van der Waals surface area contributed by atoms with Crippen molar-refractivity contribution in [3.8, 4) is 0 Å². The Labute approximate surface area is 153 Å². The van der Waals surface area contributed by atoms with Gasteiger partial charge in [0.1, 0.15) is 20.8 Å². The molecule has 7 nitrogen and oxygen atoms in total. The molecule has 0 saturated heterocycles. The first-order valence-electron chi connectivity index (χ1n) is 7.36. The highest BCUT2D eigenvalue weighted by molar-refractivity contribution is 7.93. The van der Waals surface area contributed by atoms with Crippen LogP contribution in [0.25, 0.3) is 11.0 Å². The summed E-state index contributed by atoms with van der Waals surface area (Å²) < 4.78 is 41.5. The molecule has 0 fully saturated rings. The van der Waals surface area contributed by atoms with Crippen LogP contribution in [0.3, 0.4) is 0 Å². The summed E-state index contributed by atoms with van der Waals surface area (Å²) in [4.78, 5) is 13.3. The van der Waals surface area contributed by atoms with E-state index in [0.717, 1.165) is 16.6 Å². The van der Waals surface area contributed by atoms with Gasteiger partial charge in [0.2, 0.25) is 0 Å². The average Bonchev–Trinajstić information content (AvgIpc) is 3.14. The van der Waals surface area contributed by atoms with Crippen molar-refractivity contribution >= 4 is 55.8 Å². The molecule has 0 aliphatic carbocycles. The molecule has 0 spiro atoms. The van der Waals surface area contributed by atoms with E-state index in [2.05, 4.69) is 13.5 Å². The van der Waals surface area contributed by atoms with Crippen LogP contribution in [-0.4, -0.2) is 29.7 Å². The molecule has 25 heavy (non-hydrogen) atoms. The lowest BCUT2D eigenvalue weighted by Gasteiger charge is -2.10. The maximum absolute atomic E-state index is 12.9. The first-order chi connectivity index (χ1) is 11.8. The van der Waals surface area contributed by atoms with Gasteiger partial charge in [0.15, 0.2) is 0 Å². The highest BCUT2D eigenvalue weighted by atomic mass is 32.2. The molecule has 1 N–H and O–H groups in total. The number of aryl methyl sites for hydroxylation is 1. The van der Waals surface area contributed by atoms with Crippen LogP contribution in [0, 0.1) is 13.8 Å². The fraction of sp³-hybridized carbons (Fsp3) is 0.267. The fourth-order valence-electron chi connectivity index (χ4n) is 2.28. The third kappa shape index (κ3) is 3.24. The molecule has 0 atom stereocenters. The Morgan fingerprint density at radius 1 is 1.28 bits per heavy atom. The normalized spacial score (nSPS) is 11.6. The number of aromatic nitrogens is 2. The number of fused-ring (bicyclic) bond motifs is 1. The third-order valence-corrected chi connectivity index (χ3v) is 6.73. The summed E-state index contributed by atoms with van der Waals surface area (Å²) >= 11 is 2.15. The number of nitrogens with one attached hydrogen (secondary N) is 1. The molecule has 10 heteroatoms. The number of anilines is 1. The van der Waals surface area contributed by atoms with E-state index >= 15 is 0 Å². The van der Waals surface area contributed by atoms with Gasteiger partial charge in [0.05, 0.1) is 24.0 Å². The Hall–Kier alpha value is -2.04. The van der Waals surface area contributed by atoms with E-state index in [4.69, 9.17) is 4.74 Å². The van der Waals surface area contributed by atoms with Gasteiger partial charge in [0, 0.05) is 4.88 Å². The topological polar surface area (TPSA) is 98.2 Å². The standard InChI is InChI=1S/C15H15N3O4S3/c1-4-22-15(19)14-12(8(2)9(3)23-14)18-25(20,21)11-7-5-6-10-13(11)17-24-16-10/h5-7,18H,4H2,1-3H3. The summed E-state index contributed by atoms with van der Waals surface area (Å²) in [5.74, 6) is -0.546. The molecular weight excluding hydrogens is 382 g/mol. The summed E-state index contributed by atoms with van der Waals surface area (Å²) in [5, 5.41) is 0. The molecule has 1 aromatic carbocycles. The lowest BCUT2D eigenvalue weighted by Crippen LogP contribution is -2.16. The molecular formula is C15H15N3O4S3. The predicted octanol–water partition coefficient (Wildman–Crippen LogP) is 3.35. The van der Waals surface area contributed by atoms with Crippen LogP contribution in [0.2, 0.25) is 0 Å². The molecule has 0 amide bonds. The number of ether oxygens (including phenoxy) is 1. The Kier molecular flexibility index (Phi) is 4.76. The molecule has 2 heterocycles. The van der Waals surface area contributed by atoms with Gasteiger partial charge in [-0.15, -0.1) is 11.3 Å². The predicted molar refractivity (Wildman–Crippen MR) is 98.0 cm³/mol. The highest BCUT2D eigenvalue weighted by Gasteiger charge is 2.26. The monoisotopic (exact) mass is 397 g/mol. The second-order valence-corrected chi connectivity index (χ2v) is 8.61. The van der Waals surface area contributed by atoms with Gasteiger partial charge in [-0.2, -0.15) is 8.75 Å². The average molecular weight is 398 g/mol. The van der Waals surface area contributed by atoms with Crippen molar-refractivity contribution in [1.82, 2.24) is 8.75 Å². The smallest absolute Gasteiger partial charge is 0.350 e. The number of carbonyl (C=O) groups is 1. The van der Waals surface area contributed by atoms with E-state index in [1.165, 1.54) is 17.4 Å². The van der Waals surface area contributed by atoms with Crippen molar-refractivity contribution in [3.05, 3.63) is 33.5 Å². The zero-order valence-corrected chi connectivity index (χ0v) is 16.1. The van der Waals surface area contributed by atoms with E-state index in [1.807, 2.05) is 6.92 Å². The number of thiophene rings is 1. The van der Waals surface area contributed by atoms with Crippen LogP contribution < -0.4 is 4.72 Å². The summed E-state index contributed by atoms with van der Waals surface area (Å²) in [6, 6.07) is 4.77. The quantitative estimate of drug-likeness (QED) is 0.663. The molecule has 2 aromatic heterocycles. The second kappa shape index (κ2) is 6.70. The van der Waals surface area contributed by atoms with Crippen LogP contribution in [0.1, 0.15) is 27.0 Å². The summed E-state index contributed by atoms with van der Waals surface area (Å²) in [6.45, 7) is 5.50. The number of nitrogens with zero attached hydrogens (tertiary/aromatic N) is 2. The molecule has 3 aromatic rings. The molecule has 0 radical (unpaired) electrons. The number of hydrogen-bond donors (Lipinski definition) is 1. The Balaban J connectivity index is 2.07. The van der Waals surface area contributed by atoms with Crippen LogP contribution in [0.4, 0.5) is 5.69 Å². The minimum absolute atomic E-state index is 0.0248. The SMILES string of the molecule is CCOC(=O)c1sc(C)c(C)c1NS(=O)(=O)c1cccc2nsnc12. The van der Waals surface area contributed by atoms with E-state index in [-0.39, 0.29) is 22.1 Å². The van der Waals surface area contributed by atoms with Crippen molar-refractivity contribution in [2.24, 2.45) is 0 Å². The van der Waals surface area contributed by atoms with Crippen LogP contribution in [0.5, 0.6) is 0 Å². The van der Waals surface area contributed by atoms with Gasteiger partial charge < -0.3 is 4.74 Å². The van der Waals surface area contributed by atoms with E-state index in [9.17, 15) is 13.2 Å². The van der Waals surface area contributed by atoms with Gasteiger partial charge in [-0.25, -0.2) is 13.2 Å². The first kappa shape index (κ1) is 17.8. The molecule has 0 saturated carbocycles. The number of carbonyl (C=O) groups excluding carboxylic acids is 1. The second-order valence-electron chi connectivity index (χ2n) is 5.20. The van der Waals surface area contributed by atoms with Gasteiger partial charge in [-0.1, -0.05) is 6.07 Å². The molecule has 0 aliphatic heterocycles. The fourth-order valence-corrected chi connectivity index (χ4v) is 5.26. The van der Waals surface area contributed by atoms with E-state index < -0.39 is 16.0 Å². The minimum atomic E-state index is -3.94. The van der Waals surface area contributed by atoms with E-state index in [1.54, 1.807) is 26.0 Å². The Morgan fingerprint density at radius 3 is 2.76 bits per heavy atom. The molecule has 0 bridgehead atoms. The van der Waals surface area contributed by atoms with E-state index in [0.29, 0.717) is 16.6 Å². The van der Waals surface area contributed by atoms with Gasteiger partial charge in [-0.3, -0.25) is 4.72 Å². The van der Waals surface area contributed by atoms with Crippen LogP contribution >= 0.6 is 23.1 Å². The molecule has 3 rings (SSSR count). The van der Waals surface area contributed by atoms with Crippen molar-refractivity contribution in [2.45, 2.75) is 25.7 Å². The lowest BCUT2D eigenvalue weighted by atomic mass is 10.2. The van der Waals surface area contributed by atoms with Crippen molar-refractivity contribution in [1.29, 1.82) is 0 Å². The van der Waals surface area contributed by atoms with Crippen molar-refractivity contribution in [3.63, 3.8) is 0 Å². The number of esters is 1. The molecule has 0 unspecified atom stereocenters. The van der Waals surface area contributed by atoms with Gasteiger partial charge in [0.25, 0.3) is 10.0 Å². The molecule has 132 valence electrons. The number of benzene rings is 1. The zero-order chi connectivity index (χ0) is 18.2. The summed E-state index contributed by atoms with van der Waals surface area (Å²) in [5.41, 5.74) is 1.76. The largest absolute Gasteiger partial charge is 0.462 e. The first-order valence-corrected chi connectivity index (χ1v) is 10.4. The van der Waals surface area contributed by atoms with Gasteiger partial charge >= 0.3 is 5.97 Å². The highest BCUT2D eigenvalue weighted by Crippen LogP contribution is 2.35. The van der Waals surface area contributed by atoms with Crippen LogP contribution in [-0.2, 0) is 14.8 Å². The Morgan fingerprint density at radius 2 is 2.04 bits per heavy atom. The lowest BCUT2D eigenvalue weighted by molar-refractivity contribution is 0.0533. The van der Waals surface area contributed by atoms with Crippen molar-refractivity contribution in [2.75, 3.05) is 11.3 Å². The zero-order valence-electron chi connectivity index (χ0n) is 13.7.